The fourth-order valence-corrected chi connectivity index (χ4v) is 2.48. The van der Waals surface area contributed by atoms with E-state index in [1.54, 1.807) is 24.3 Å². The molecule has 6 heteroatoms. The van der Waals surface area contributed by atoms with Gasteiger partial charge in [-0.15, -0.1) is 0 Å². The van der Waals surface area contributed by atoms with E-state index in [2.05, 4.69) is 5.32 Å². The summed E-state index contributed by atoms with van der Waals surface area (Å²) in [6.07, 6.45) is 0.121. The van der Waals surface area contributed by atoms with E-state index in [1.807, 2.05) is 0 Å². The molecule has 0 radical (unpaired) electrons. The summed E-state index contributed by atoms with van der Waals surface area (Å²) in [7, 11) is -0.448. The first-order valence-corrected chi connectivity index (χ1v) is 6.79. The van der Waals surface area contributed by atoms with E-state index in [0.29, 0.717) is 5.69 Å². The Kier molecular flexibility index (Phi) is 4.87. The van der Waals surface area contributed by atoms with Crippen LogP contribution in [0.15, 0.2) is 24.3 Å². The number of hydrogen-bond acceptors (Lipinski definition) is 4. The van der Waals surface area contributed by atoms with Crippen molar-refractivity contribution in [3.63, 3.8) is 0 Å². The lowest BCUT2D eigenvalue weighted by Gasteiger charge is -2.16. The van der Waals surface area contributed by atoms with Crippen LogP contribution in [0.2, 0.25) is 0 Å². The molecular weight excluding hydrogens is 241 g/mol. The maximum absolute atomic E-state index is 12.0. The van der Waals surface area contributed by atoms with Crippen molar-refractivity contribution >= 4 is 19.2 Å². The van der Waals surface area contributed by atoms with Crippen LogP contribution in [-0.4, -0.2) is 20.1 Å². The number of para-hydroxylation sites is 1. The smallest absolute Gasteiger partial charge is 0.326 e. The standard InChI is InChI=1S/C11H16NO4P/c1-9(13)12-11-7-5-4-6-10(11)8-17(14,15-2)16-3/h4-7H,8H2,1-3H3,(H,12,13). The molecular formula is C11H16NO4P. The van der Waals surface area contributed by atoms with Crippen LogP contribution in [0.5, 0.6) is 0 Å². The van der Waals surface area contributed by atoms with Gasteiger partial charge in [0.25, 0.3) is 0 Å². The molecule has 94 valence electrons. The second-order valence-electron chi connectivity index (χ2n) is 3.47. The molecule has 1 aromatic rings. The Morgan fingerprint density at radius 3 is 2.41 bits per heavy atom. The van der Waals surface area contributed by atoms with Crippen molar-refractivity contribution in [1.82, 2.24) is 0 Å². The van der Waals surface area contributed by atoms with Crippen LogP contribution in [0.4, 0.5) is 5.69 Å². The van der Waals surface area contributed by atoms with Crippen LogP contribution >= 0.6 is 7.60 Å². The fourth-order valence-electron chi connectivity index (χ4n) is 1.38. The number of amides is 1. The van der Waals surface area contributed by atoms with Gasteiger partial charge in [-0.2, -0.15) is 0 Å². The highest BCUT2D eigenvalue weighted by molar-refractivity contribution is 7.52. The van der Waals surface area contributed by atoms with Gasteiger partial charge >= 0.3 is 7.60 Å². The molecule has 0 spiro atoms. The number of hydrogen-bond donors (Lipinski definition) is 1. The molecule has 0 aliphatic heterocycles. The van der Waals surface area contributed by atoms with E-state index in [9.17, 15) is 9.36 Å². The number of carbonyl (C=O) groups excluding carboxylic acids is 1. The van der Waals surface area contributed by atoms with Crippen molar-refractivity contribution in [1.29, 1.82) is 0 Å². The summed E-state index contributed by atoms with van der Waals surface area (Å²) in [5.74, 6) is -0.179. The molecule has 0 aliphatic carbocycles. The molecule has 0 saturated heterocycles. The molecule has 17 heavy (non-hydrogen) atoms. The highest BCUT2D eigenvalue weighted by atomic mass is 31.2. The third-order valence-corrected chi connectivity index (χ3v) is 4.09. The average molecular weight is 257 g/mol. The quantitative estimate of drug-likeness (QED) is 0.823. The predicted octanol–water partition coefficient (Wildman–Crippen LogP) is 2.63. The lowest BCUT2D eigenvalue weighted by Crippen LogP contribution is -2.08. The molecule has 0 atom stereocenters. The van der Waals surface area contributed by atoms with Crippen molar-refractivity contribution in [2.75, 3.05) is 19.5 Å². The molecule has 1 rings (SSSR count). The summed E-state index contributed by atoms with van der Waals surface area (Å²) in [6.45, 7) is 1.42. The number of anilines is 1. The molecule has 0 bridgehead atoms. The van der Waals surface area contributed by atoms with Gasteiger partial charge in [-0.3, -0.25) is 9.36 Å². The molecule has 1 aromatic carbocycles. The number of benzene rings is 1. The zero-order valence-corrected chi connectivity index (χ0v) is 11.0. The van der Waals surface area contributed by atoms with Gasteiger partial charge in [0, 0.05) is 26.8 Å². The van der Waals surface area contributed by atoms with E-state index >= 15 is 0 Å². The van der Waals surface area contributed by atoms with Crippen molar-refractivity contribution in [2.24, 2.45) is 0 Å². The highest BCUT2D eigenvalue weighted by Crippen LogP contribution is 2.50. The van der Waals surface area contributed by atoms with Crippen molar-refractivity contribution in [2.45, 2.75) is 13.1 Å². The first kappa shape index (κ1) is 13.9. The van der Waals surface area contributed by atoms with Crippen LogP contribution in [0.3, 0.4) is 0 Å². The summed E-state index contributed by atoms with van der Waals surface area (Å²) >= 11 is 0. The Morgan fingerprint density at radius 1 is 1.29 bits per heavy atom. The van der Waals surface area contributed by atoms with Gasteiger partial charge in [-0.05, 0) is 11.6 Å². The molecule has 0 saturated carbocycles. The van der Waals surface area contributed by atoms with E-state index in [1.165, 1.54) is 21.1 Å². The Morgan fingerprint density at radius 2 is 1.88 bits per heavy atom. The van der Waals surface area contributed by atoms with Crippen molar-refractivity contribution < 1.29 is 18.4 Å². The van der Waals surface area contributed by atoms with Gasteiger partial charge < -0.3 is 14.4 Å². The van der Waals surface area contributed by atoms with Crippen LogP contribution in [0, 0.1) is 0 Å². The largest absolute Gasteiger partial charge is 0.334 e. The molecule has 0 fully saturated rings. The zero-order chi connectivity index (χ0) is 12.9. The molecule has 1 amide bonds. The third kappa shape index (κ3) is 3.97. The first-order valence-electron chi connectivity index (χ1n) is 5.07. The summed E-state index contributed by atoms with van der Waals surface area (Å²) < 4.78 is 21.7. The number of rotatable bonds is 5. The second kappa shape index (κ2) is 5.96. The monoisotopic (exact) mass is 257 g/mol. The highest BCUT2D eigenvalue weighted by Gasteiger charge is 2.23. The SMILES string of the molecule is COP(=O)(Cc1ccccc1NC(C)=O)OC. The van der Waals surface area contributed by atoms with E-state index in [-0.39, 0.29) is 12.1 Å². The summed E-state index contributed by atoms with van der Waals surface area (Å²) in [4.78, 5) is 11.0. The van der Waals surface area contributed by atoms with Crippen LogP contribution in [0.1, 0.15) is 12.5 Å². The zero-order valence-electron chi connectivity index (χ0n) is 10.1. The topological polar surface area (TPSA) is 64.6 Å². The minimum Gasteiger partial charge on any atom is -0.326 e. The number of carbonyl (C=O) groups is 1. The molecule has 0 aromatic heterocycles. The van der Waals surface area contributed by atoms with Crippen LogP contribution in [0.25, 0.3) is 0 Å². The fraction of sp³-hybridized carbons (Fsp3) is 0.364. The van der Waals surface area contributed by atoms with E-state index < -0.39 is 7.60 Å². The average Bonchev–Trinajstić information content (AvgIpc) is 2.31. The van der Waals surface area contributed by atoms with E-state index in [4.69, 9.17) is 9.05 Å². The van der Waals surface area contributed by atoms with Crippen molar-refractivity contribution in [3.8, 4) is 0 Å². The van der Waals surface area contributed by atoms with Crippen LogP contribution < -0.4 is 5.32 Å². The van der Waals surface area contributed by atoms with Gasteiger partial charge in [0.1, 0.15) is 0 Å². The number of nitrogens with one attached hydrogen (secondary N) is 1. The van der Waals surface area contributed by atoms with Gasteiger partial charge in [-0.1, -0.05) is 18.2 Å². The van der Waals surface area contributed by atoms with Gasteiger partial charge in [0.2, 0.25) is 5.91 Å². The Hall–Kier alpha value is -1.16. The summed E-state index contributed by atoms with van der Waals surface area (Å²) in [6, 6.07) is 7.11. The summed E-state index contributed by atoms with van der Waals surface area (Å²) in [5.41, 5.74) is 1.34. The first-order chi connectivity index (χ1) is 8.00. The lowest BCUT2D eigenvalue weighted by atomic mass is 10.2. The minimum atomic E-state index is -3.12. The second-order valence-corrected chi connectivity index (χ2v) is 5.74. The van der Waals surface area contributed by atoms with Gasteiger partial charge in [-0.25, -0.2) is 0 Å². The molecule has 0 aliphatic rings. The van der Waals surface area contributed by atoms with Crippen molar-refractivity contribution in [3.05, 3.63) is 29.8 Å². The predicted molar refractivity (Wildman–Crippen MR) is 66.1 cm³/mol. The Balaban J connectivity index is 2.97. The molecule has 0 heterocycles. The van der Waals surface area contributed by atoms with E-state index in [0.717, 1.165) is 5.56 Å². The molecule has 0 unspecified atom stereocenters. The van der Waals surface area contributed by atoms with Gasteiger partial charge in [0.05, 0.1) is 6.16 Å². The maximum atomic E-state index is 12.0. The summed E-state index contributed by atoms with van der Waals surface area (Å²) in [5, 5.41) is 2.67. The van der Waals surface area contributed by atoms with Crippen LogP contribution in [-0.2, 0) is 24.6 Å². The Labute approximate surface area is 101 Å². The lowest BCUT2D eigenvalue weighted by molar-refractivity contribution is -0.114. The molecule has 5 nitrogen and oxygen atoms in total. The molecule has 1 N–H and O–H groups in total. The Bertz CT molecular complexity index is 439. The normalized spacial score (nSPS) is 11.2. The third-order valence-electron chi connectivity index (χ3n) is 2.25. The minimum absolute atomic E-state index is 0.121. The maximum Gasteiger partial charge on any atom is 0.334 e. The van der Waals surface area contributed by atoms with Gasteiger partial charge in [0.15, 0.2) is 0 Å².